The Kier molecular flexibility index (Phi) is 3.68. The smallest absolute Gasteiger partial charge is 0.329 e. The summed E-state index contributed by atoms with van der Waals surface area (Å²) in [6, 6.07) is 9.15. The third-order valence-electron chi connectivity index (χ3n) is 2.64. The molecular weight excluding hydrogens is 238 g/mol. The number of rotatable bonds is 3. The predicted octanol–water partition coefficient (Wildman–Crippen LogP) is 1.90. The maximum Gasteiger partial charge on any atom is 0.329 e. The second-order valence-corrected chi connectivity index (χ2v) is 4.70. The van der Waals surface area contributed by atoms with Crippen molar-refractivity contribution in [2.24, 2.45) is 0 Å². The van der Waals surface area contributed by atoms with E-state index >= 15 is 0 Å². The van der Waals surface area contributed by atoms with E-state index in [-0.39, 0.29) is 11.2 Å². The van der Waals surface area contributed by atoms with Gasteiger partial charge in [0, 0.05) is 12.3 Å². The Balaban J connectivity index is 2.12. The molecule has 90 valence electrons. The number of benzene rings is 1. The van der Waals surface area contributed by atoms with Crippen molar-refractivity contribution in [2.75, 3.05) is 12.9 Å². The average molecular weight is 251 g/mol. The molecule has 1 fully saturated rings. The highest BCUT2D eigenvalue weighted by molar-refractivity contribution is 8.13. The van der Waals surface area contributed by atoms with E-state index < -0.39 is 6.04 Å². The van der Waals surface area contributed by atoms with Crippen LogP contribution >= 0.6 is 11.8 Å². The van der Waals surface area contributed by atoms with Crippen LogP contribution in [0.15, 0.2) is 30.3 Å². The number of hydrogen-bond donors (Lipinski definition) is 0. The maximum absolute atomic E-state index is 11.7. The molecule has 1 aliphatic heterocycles. The molecule has 0 radical (unpaired) electrons. The third-order valence-corrected chi connectivity index (χ3v) is 3.61. The summed E-state index contributed by atoms with van der Waals surface area (Å²) in [7, 11) is 1.34. The van der Waals surface area contributed by atoms with E-state index in [1.165, 1.54) is 7.11 Å². The van der Waals surface area contributed by atoms with E-state index in [4.69, 9.17) is 4.74 Å². The number of hydrogen-bond acceptors (Lipinski definition) is 4. The molecule has 1 atom stereocenters. The number of ether oxygens (including phenoxy) is 1. The molecule has 0 saturated carbocycles. The molecule has 0 aliphatic carbocycles. The molecule has 0 aromatic heterocycles. The number of thioether (sulfide) groups is 1. The minimum absolute atomic E-state index is 0.0655. The van der Waals surface area contributed by atoms with Gasteiger partial charge in [-0.25, -0.2) is 4.79 Å². The molecular formula is C12H13NO3S. The standard InChI is InChI=1S/C12H13NO3S/c1-16-11(14)10-8-17-12(15)13(10)7-9-5-3-2-4-6-9/h2-6,10H,7-8H2,1H3/t10-/m1/s1. The van der Waals surface area contributed by atoms with E-state index in [9.17, 15) is 9.59 Å². The van der Waals surface area contributed by atoms with Crippen LogP contribution in [-0.2, 0) is 16.1 Å². The Morgan fingerprint density at radius 1 is 1.47 bits per heavy atom. The van der Waals surface area contributed by atoms with E-state index in [0.29, 0.717) is 12.3 Å². The molecule has 2 rings (SSSR count). The van der Waals surface area contributed by atoms with Crippen LogP contribution in [0, 0.1) is 0 Å². The summed E-state index contributed by atoms with van der Waals surface area (Å²) < 4.78 is 4.70. The van der Waals surface area contributed by atoms with Crippen molar-refractivity contribution in [3.8, 4) is 0 Å². The molecule has 0 N–H and O–H groups in total. The topological polar surface area (TPSA) is 46.6 Å². The first kappa shape index (κ1) is 12.0. The van der Waals surface area contributed by atoms with Gasteiger partial charge in [0.15, 0.2) is 0 Å². The molecule has 0 unspecified atom stereocenters. The van der Waals surface area contributed by atoms with Gasteiger partial charge in [-0.1, -0.05) is 42.1 Å². The Morgan fingerprint density at radius 2 is 2.18 bits per heavy atom. The van der Waals surface area contributed by atoms with Crippen LogP contribution in [0.25, 0.3) is 0 Å². The Labute approximate surface area is 104 Å². The molecule has 0 spiro atoms. The molecule has 1 aromatic rings. The summed E-state index contributed by atoms with van der Waals surface area (Å²) in [5.41, 5.74) is 1.01. The SMILES string of the molecule is COC(=O)[C@H]1CSC(=O)N1Cc1ccccc1. The predicted molar refractivity (Wildman–Crippen MR) is 65.6 cm³/mol. The van der Waals surface area contributed by atoms with Crippen LogP contribution in [0.2, 0.25) is 0 Å². The zero-order valence-corrected chi connectivity index (χ0v) is 10.3. The number of esters is 1. The fourth-order valence-corrected chi connectivity index (χ4v) is 2.71. The van der Waals surface area contributed by atoms with Gasteiger partial charge in [0.2, 0.25) is 0 Å². The van der Waals surface area contributed by atoms with E-state index in [1.54, 1.807) is 4.90 Å². The molecule has 1 amide bonds. The van der Waals surface area contributed by atoms with Gasteiger partial charge in [-0.05, 0) is 5.56 Å². The van der Waals surface area contributed by atoms with Crippen LogP contribution in [0.5, 0.6) is 0 Å². The van der Waals surface area contributed by atoms with E-state index in [0.717, 1.165) is 17.3 Å². The Bertz CT molecular complexity index is 421. The highest BCUT2D eigenvalue weighted by Crippen LogP contribution is 2.26. The molecule has 4 nitrogen and oxygen atoms in total. The van der Waals surface area contributed by atoms with Crippen molar-refractivity contribution in [1.29, 1.82) is 0 Å². The minimum atomic E-state index is -0.460. The molecule has 17 heavy (non-hydrogen) atoms. The zero-order chi connectivity index (χ0) is 12.3. The summed E-state index contributed by atoms with van der Waals surface area (Å²) in [4.78, 5) is 24.8. The lowest BCUT2D eigenvalue weighted by Gasteiger charge is -2.21. The molecule has 1 saturated heterocycles. The van der Waals surface area contributed by atoms with Crippen molar-refractivity contribution >= 4 is 23.0 Å². The first-order valence-electron chi connectivity index (χ1n) is 5.27. The molecule has 1 aromatic carbocycles. The average Bonchev–Trinajstić information content (AvgIpc) is 2.72. The number of carbonyl (C=O) groups excluding carboxylic acids is 2. The maximum atomic E-state index is 11.7. The van der Waals surface area contributed by atoms with Crippen LogP contribution < -0.4 is 0 Å². The Morgan fingerprint density at radius 3 is 2.82 bits per heavy atom. The van der Waals surface area contributed by atoms with Gasteiger partial charge in [-0.15, -0.1) is 0 Å². The molecule has 1 aliphatic rings. The summed E-state index contributed by atoms with van der Waals surface area (Å²) in [5, 5.41) is -0.0655. The summed E-state index contributed by atoms with van der Waals surface area (Å²) in [6.07, 6.45) is 0. The molecule has 5 heteroatoms. The number of carbonyl (C=O) groups is 2. The number of nitrogens with zero attached hydrogens (tertiary/aromatic N) is 1. The van der Waals surface area contributed by atoms with Gasteiger partial charge in [0.1, 0.15) is 6.04 Å². The van der Waals surface area contributed by atoms with Crippen molar-refractivity contribution in [3.05, 3.63) is 35.9 Å². The number of methoxy groups -OCH3 is 1. The lowest BCUT2D eigenvalue weighted by molar-refractivity contribution is -0.144. The minimum Gasteiger partial charge on any atom is -0.467 e. The fraction of sp³-hybridized carbons (Fsp3) is 0.333. The lowest BCUT2D eigenvalue weighted by atomic mass is 10.2. The third kappa shape index (κ3) is 2.61. The fourth-order valence-electron chi connectivity index (χ4n) is 1.74. The van der Waals surface area contributed by atoms with Gasteiger partial charge in [0.05, 0.1) is 7.11 Å². The zero-order valence-electron chi connectivity index (χ0n) is 9.46. The molecule has 0 bridgehead atoms. The van der Waals surface area contributed by atoms with Crippen molar-refractivity contribution < 1.29 is 14.3 Å². The van der Waals surface area contributed by atoms with E-state index in [2.05, 4.69) is 0 Å². The van der Waals surface area contributed by atoms with Gasteiger partial charge in [-0.2, -0.15) is 0 Å². The van der Waals surface area contributed by atoms with Crippen LogP contribution in [-0.4, -0.2) is 35.0 Å². The summed E-state index contributed by atoms with van der Waals surface area (Å²) in [5.74, 6) is 0.123. The van der Waals surface area contributed by atoms with Crippen LogP contribution in [0.4, 0.5) is 4.79 Å². The van der Waals surface area contributed by atoms with Crippen molar-refractivity contribution in [1.82, 2.24) is 4.90 Å². The van der Waals surface area contributed by atoms with Gasteiger partial charge < -0.3 is 9.64 Å². The van der Waals surface area contributed by atoms with Gasteiger partial charge in [0.25, 0.3) is 5.24 Å². The lowest BCUT2D eigenvalue weighted by Crippen LogP contribution is -2.39. The van der Waals surface area contributed by atoms with Crippen molar-refractivity contribution in [3.63, 3.8) is 0 Å². The normalized spacial score (nSPS) is 19.5. The van der Waals surface area contributed by atoms with Crippen LogP contribution in [0.3, 0.4) is 0 Å². The van der Waals surface area contributed by atoms with E-state index in [1.807, 2.05) is 30.3 Å². The highest BCUT2D eigenvalue weighted by atomic mass is 32.2. The highest BCUT2D eigenvalue weighted by Gasteiger charge is 2.37. The quantitative estimate of drug-likeness (QED) is 0.770. The van der Waals surface area contributed by atoms with Crippen LogP contribution in [0.1, 0.15) is 5.56 Å². The first-order chi connectivity index (χ1) is 8.22. The first-order valence-corrected chi connectivity index (χ1v) is 6.26. The monoisotopic (exact) mass is 251 g/mol. The van der Waals surface area contributed by atoms with Gasteiger partial charge in [-0.3, -0.25) is 4.79 Å². The second kappa shape index (κ2) is 5.23. The van der Waals surface area contributed by atoms with Gasteiger partial charge >= 0.3 is 5.97 Å². The summed E-state index contributed by atoms with van der Waals surface area (Å²) >= 11 is 1.16. The molecule has 1 heterocycles. The van der Waals surface area contributed by atoms with Crippen molar-refractivity contribution in [2.45, 2.75) is 12.6 Å². The second-order valence-electron chi connectivity index (χ2n) is 3.73. The largest absolute Gasteiger partial charge is 0.467 e. The number of amides is 1. The Hall–Kier alpha value is -1.49. The summed E-state index contributed by atoms with van der Waals surface area (Å²) in [6.45, 7) is 0.451.